The molecule has 1 aliphatic carbocycles. The lowest BCUT2D eigenvalue weighted by molar-refractivity contribution is -0.132. The van der Waals surface area contributed by atoms with Gasteiger partial charge in [-0.15, -0.1) is 0 Å². The monoisotopic (exact) mass is 438 g/mol. The van der Waals surface area contributed by atoms with Crippen LogP contribution in [0.25, 0.3) is 10.9 Å². The van der Waals surface area contributed by atoms with Crippen molar-refractivity contribution in [1.29, 1.82) is 0 Å². The Bertz CT molecular complexity index is 1400. The van der Waals surface area contributed by atoms with Crippen LogP contribution in [0.2, 0.25) is 0 Å². The van der Waals surface area contributed by atoms with E-state index >= 15 is 0 Å². The molecule has 0 unspecified atom stereocenters. The van der Waals surface area contributed by atoms with Gasteiger partial charge in [-0.2, -0.15) is 0 Å². The number of nitrogens with one attached hydrogen (secondary N) is 1. The maximum absolute atomic E-state index is 13.0. The Labute approximate surface area is 191 Å². The largest absolute Gasteiger partial charge is 0.347 e. The number of para-hydroxylation sites is 1. The second-order valence-electron chi connectivity index (χ2n) is 9.17. The molecule has 33 heavy (non-hydrogen) atoms. The van der Waals surface area contributed by atoms with Gasteiger partial charge >= 0.3 is 0 Å². The molecule has 2 aromatic carbocycles. The van der Waals surface area contributed by atoms with Crippen molar-refractivity contribution in [3.8, 4) is 0 Å². The van der Waals surface area contributed by atoms with Gasteiger partial charge in [-0.05, 0) is 35.9 Å². The van der Waals surface area contributed by atoms with Crippen molar-refractivity contribution >= 4 is 16.8 Å². The van der Waals surface area contributed by atoms with Crippen molar-refractivity contribution in [3.63, 3.8) is 0 Å². The van der Waals surface area contributed by atoms with E-state index in [1.54, 1.807) is 4.90 Å². The molecule has 2 aliphatic rings. The van der Waals surface area contributed by atoms with Gasteiger partial charge in [0.1, 0.15) is 5.82 Å². The maximum Gasteiger partial charge on any atom is 0.256 e. The van der Waals surface area contributed by atoms with Crippen molar-refractivity contribution in [3.05, 3.63) is 99.9 Å². The summed E-state index contributed by atoms with van der Waals surface area (Å²) in [5.74, 6) is 0.849. The van der Waals surface area contributed by atoms with E-state index in [1.165, 1.54) is 10.9 Å². The third-order valence-corrected chi connectivity index (χ3v) is 7.20. The summed E-state index contributed by atoms with van der Waals surface area (Å²) >= 11 is 0. The summed E-state index contributed by atoms with van der Waals surface area (Å²) in [5, 5.41) is 1.18. The first kappa shape index (κ1) is 20.0. The van der Waals surface area contributed by atoms with Gasteiger partial charge in [-0.3, -0.25) is 9.59 Å². The summed E-state index contributed by atoms with van der Waals surface area (Å²) < 4.78 is 2.12. The highest BCUT2D eigenvalue weighted by molar-refractivity contribution is 5.80. The average Bonchev–Trinajstić information content (AvgIpc) is 3.57. The molecular formula is C27H26N4O2. The van der Waals surface area contributed by atoms with Gasteiger partial charge in [0.15, 0.2) is 0 Å². The minimum absolute atomic E-state index is 0.0739. The van der Waals surface area contributed by atoms with Crippen molar-refractivity contribution < 1.29 is 4.79 Å². The molecule has 1 N–H and O–H groups in total. The average molecular weight is 439 g/mol. The number of hydrogen-bond donors (Lipinski definition) is 1. The SMILES string of the molecule is O=C(CCn1ccc2ccccc21)N1CCc2nc(C3(c4ccccc4)CC3)[nH]c(=O)c2C1. The number of carbonyl (C=O) groups excluding carboxylic acids is 1. The quantitative estimate of drug-likeness (QED) is 0.516. The van der Waals surface area contributed by atoms with Crippen molar-refractivity contribution in [2.24, 2.45) is 0 Å². The number of aryl methyl sites for hydroxylation is 1. The van der Waals surface area contributed by atoms with E-state index in [-0.39, 0.29) is 16.9 Å². The molecule has 6 heteroatoms. The summed E-state index contributed by atoms with van der Waals surface area (Å²) in [6, 6.07) is 20.5. The number of hydrogen-bond acceptors (Lipinski definition) is 3. The lowest BCUT2D eigenvalue weighted by Crippen LogP contribution is -2.40. The molecule has 2 aromatic heterocycles. The van der Waals surface area contributed by atoms with Gasteiger partial charge in [0, 0.05) is 37.6 Å². The number of benzene rings is 2. The summed E-state index contributed by atoms with van der Waals surface area (Å²) in [6.45, 7) is 1.57. The fourth-order valence-electron chi connectivity index (χ4n) is 5.12. The highest BCUT2D eigenvalue weighted by atomic mass is 16.2. The number of nitrogens with zero attached hydrogens (tertiary/aromatic N) is 3. The lowest BCUT2D eigenvalue weighted by atomic mass is 9.94. The number of amides is 1. The molecule has 1 saturated carbocycles. The first-order valence-electron chi connectivity index (χ1n) is 11.6. The number of H-pyrrole nitrogens is 1. The third-order valence-electron chi connectivity index (χ3n) is 7.20. The summed E-state index contributed by atoms with van der Waals surface area (Å²) in [5.41, 5.74) is 3.55. The fourth-order valence-corrected chi connectivity index (χ4v) is 5.12. The van der Waals surface area contributed by atoms with E-state index in [0.29, 0.717) is 38.0 Å². The number of aromatic amines is 1. The van der Waals surface area contributed by atoms with Crippen LogP contribution in [0.3, 0.4) is 0 Å². The third kappa shape index (κ3) is 3.46. The number of rotatable bonds is 5. The second kappa shape index (κ2) is 7.73. The molecule has 4 aromatic rings. The summed E-state index contributed by atoms with van der Waals surface area (Å²) in [6.07, 6.45) is 5.05. The van der Waals surface area contributed by atoms with Crippen molar-refractivity contribution in [2.75, 3.05) is 6.54 Å². The van der Waals surface area contributed by atoms with E-state index in [2.05, 4.69) is 39.9 Å². The van der Waals surface area contributed by atoms with Gasteiger partial charge in [0.25, 0.3) is 5.56 Å². The topological polar surface area (TPSA) is 71.0 Å². The summed E-state index contributed by atoms with van der Waals surface area (Å²) in [7, 11) is 0. The smallest absolute Gasteiger partial charge is 0.256 e. The zero-order valence-electron chi connectivity index (χ0n) is 18.5. The van der Waals surface area contributed by atoms with Gasteiger partial charge in [-0.25, -0.2) is 4.98 Å². The molecule has 1 amide bonds. The van der Waals surface area contributed by atoms with Crippen LogP contribution in [0.5, 0.6) is 0 Å². The lowest BCUT2D eigenvalue weighted by Gasteiger charge is -2.28. The van der Waals surface area contributed by atoms with Crippen LogP contribution >= 0.6 is 0 Å². The molecule has 6 nitrogen and oxygen atoms in total. The molecule has 3 heterocycles. The normalized spacial score (nSPS) is 16.5. The van der Waals surface area contributed by atoms with Crippen LogP contribution in [-0.2, 0) is 29.7 Å². The van der Waals surface area contributed by atoms with Gasteiger partial charge in [0.05, 0.1) is 23.2 Å². The number of aromatic nitrogens is 3. The van der Waals surface area contributed by atoms with Crippen LogP contribution in [0.4, 0.5) is 0 Å². The molecule has 0 spiro atoms. The van der Waals surface area contributed by atoms with Crippen molar-refractivity contribution in [1.82, 2.24) is 19.4 Å². The predicted molar refractivity (Wildman–Crippen MR) is 127 cm³/mol. The van der Waals surface area contributed by atoms with Crippen LogP contribution in [0.1, 0.15) is 41.9 Å². The molecule has 0 atom stereocenters. The fraction of sp³-hybridized carbons (Fsp3) is 0.296. The number of carbonyl (C=O) groups is 1. The maximum atomic E-state index is 13.0. The zero-order chi connectivity index (χ0) is 22.4. The highest BCUT2D eigenvalue weighted by Crippen LogP contribution is 2.51. The zero-order valence-corrected chi connectivity index (χ0v) is 18.5. The molecule has 0 bridgehead atoms. The molecule has 166 valence electrons. The van der Waals surface area contributed by atoms with E-state index in [0.717, 1.165) is 29.9 Å². The van der Waals surface area contributed by atoms with Crippen molar-refractivity contribution in [2.45, 2.75) is 44.2 Å². The molecule has 1 aliphatic heterocycles. The molecular weight excluding hydrogens is 412 g/mol. The molecule has 0 radical (unpaired) electrons. The van der Waals surface area contributed by atoms with Crippen LogP contribution in [-0.4, -0.2) is 31.9 Å². The highest BCUT2D eigenvalue weighted by Gasteiger charge is 2.48. The van der Waals surface area contributed by atoms with Crippen LogP contribution in [0.15, 0.2) is 71.7 Å². The minimum Gasteiger partial charge on any atom is -0.347 e. The van der Waals surface area contributed by atoms with Gasteiger partial charge < -0.3 is 14.5 Å². The Morgan fingerprint density at radius 2 is 1.82 bits per heavy atom. The van der Waals surface area contributed by atoms with Crippen LogP contribution in [0, 0.1) is 0 Å². The Morgan fingerprint density at radius 3 is 2.64 bits per heavy atom. The molecule has 0 saturated heterocycles. The van der Waals surface area contributed by atoms with E-state index in [4.69, 9.17) is 4.98 Å². The Kier molecular flexibility index (Phi) is 4.68. The van der Waals surface area contributed by atoms with E-state index < -0.39 is 0 Å². The van der Waals surface area contributed by atoms with Crippen LogP contribution < -0.4 is 5.56 Å². The predicted octanol–water partition coefficient (Wildman–Crippen LogP) is 3.78. The summed E-state index contributed by atoms with van der Waals surface area (Å²) in [4.78, 5) is 35.7. The Morgan fingerprint density at radius 1 is 1.03 bits per heavy atom. The molecule has 1 fully saturated rings. The van der Waals surface area contributed by atoms with E-state index in [9.17, 15) is 9.59 Å². The standard InChI is InChI=1S/C27H26N4O2/c32-24(12-17-30-15-10-19-6-4-5-9-23(19)30)31-16-11-22-21(18-31)25(33)29-26(28-22)27(13-14-27)20-7-2-1-3-8-20/h1-10,15H,11-14,16-18H2,(H,28,29,33). The number of fused-ring (bicyclic) bond motifs is 2. The minimum atomic E-state index is -0.165. The van der Waals surface area contributed by atoms with Gasteiger partial charge in [0.2, 0.25) is 5.91 Å². The Hall–Kier alpha value is -3.67. The first-order chi connectivity index (χ1) is 16.1. The van der Waals surface area contributed by atoms with Gasteiger partial charge in [-0.1, -0.05) is 48.5 Å². The first-order valence-corrected chi connectivity index (χ1v) is 11.6. The second-order valence-corrected chi connectivity index (χ2v) is 9.17. The van der Waals surface area contributed by atoms with E-state index in [1.807, 2.05) is 36.5 Å². The Balaban J connectivity index is 1.19. The molecule has 6 rings (SSSR count).